The van der Waals surface area contributed by atoms with E-state index in [0.717, 1.165) is 31.8 Å². The molecule has 1 aromatic heterocycles. The molecule has 0 bridgehead atoms. The van der Waals surface area contributed by atoms with E-state index in [-0.39, 0.29) is 5.60 Å². The highest BCUT2D eigenvalue weighted by atomic mass is 16.5. The number of nitrogens with one attached hydrogen (secondary N) is 1. The molecular weight excluding hydrogens is 216 g/mol. The zero-order valence-corrected chi connectivity index (χ0v) is 10.5. The smallest absolute Gasteiger partial charge is 0.215 e. The second-order valence-corrected chi connectivity index (χ2v) is 4.55. The maximum Gasteiger partial charge on any atom is 0.215 e. The molecule has 2 rings (SSSR count). The second kappa shape index (κ2) is 5.36. The van der Waals surface area contributed by atoms with Gasteiger partial charge in [0.25, 0.3) is 0 Å². The molecule has 0 aromatic carbocycles. The molecule has 1 aliphatic heterocycles. The molecule has 2 heterocycles. The van der Waals surface area contributed by atoms with Crippen molar-refractivity contribution in [1.82, 2.24) is 4.98 Å². The van der Waals surface area contributed by atoms with E-state index in [9.17, 15) is 0 Å². The van der Waals surface area contributed by atoms with Crippen LogP contribution in [-0.2, 0) is 4.74 Å². The molecule has 1 N–H and O–H groups in total. The van der Waals surface area contributed by atoms with E-state index in [1.165, 1.54) is 0 Å². The van der Waals surface area contributed by atoms with Crippen molar-refractivity contribution in [3.05, 3.63) is 18.2 Å². The molecule has 17 heavy (non-hydrogen) atoms. The third-order valence-electron chi connectivity index (χ3n) is 2.96. The first-order valence-corrected chi connectivity index (χ1v) is 6.19. The molecule has 1 saturated heterocycles. The Hall–Kier alpha value is -1.29. The first kappa shape index (κ1) is 12.2. The quantitative estimate of drug-likeness (QED) is 0.853. The summed E-state index contributed by atoms with van der Waals surface area (Å²) in [5.74, 6) is 1.50. The molecule has 0 saturated carbocycles. The monoisotopic (exact) mass is 236 g/mol. The standard InChI is InChI=1S/C13H20N2O2/c1-3-16-12-7-4-6-11(15-12)14-10-13(2)8-5-9-17-13/h4,6-7H,3,5,8-10H2,1-2H3,(H,14,15). The molecule has 1 atom stereocenters. The van der Waals surface area contributed by atoms with Gasteiger partial charge in [0.15, 0.2) is 0 Å². The summed E-state index contributed by atoms with van der Waals surface area (Å²) in [6, 6.07) is 5.75. The van der Waals surface area contributed by atoms with Crippen molar-refractivity contribution in [3.8, 4) is 5.88 Å². The summed E-state index contributed by atoms with van der Waals surface area (Å²) in [5.41, 5.74) is -0.0523. The zero-order chi connectivity index (χ0) is 12.1. The normalized spacial score (nSPS) is 23.6. The average molecular weight is 236 g/mol. The van der Waals surface area contributed by atoms with Crippen LogP contribution < -0.4 is 10.1 Å². The van der Waals surface area contributed by atoms with Gasteiger partial charge in [-0.05, 0) is 32.8 Å². The van der Waals surface area contributed by atoms with Crippen LogP contribution >= 0.6 is 0 Å². The van der Waals surface area contributed by atoms with Crippen LogP contribution in [0.15, 0.2) is 18.2 Å². The van der Waals surface area contributed by atoms with E-state index in [4.69, 9.17) is 9.47 Å². The maximum absolute atomic E-state index is 5.72. The highest BCUT2D eigenvalue weighted by molar-refractivity contribution is 5.37. The van der Waals surface area contributed by atoms with Gasteiger partial charge in [-0.3, -0.25) is 0 Å². The molecule has 0 spiro atoms. The fourth-order valence-corrected chi connectivity index (χ4v) is 2.00. The molecule has 0 radical (unpaired) electrons. The van der Waals surface area contributed by atoms with Crippen molar-refractivity contribution in [2.75, 3.05) is 25.1 Å². The molecule has 94 valence electrons. The van der Waals surface area contributed by atoms with Gasteiger partial charge < -0.3 is 14.8 Å². The van der Waals surface area contributed by atoms with Crippen LogP contribution in [0, 0.1) is 0 Å². The van der Waals surface area contributed by atoms with E-state index in [0.29, 0.717) is 12.5 Å². The van der Waals surface area contributed by atoms with Gasteiger partial charge in [-0.2, -0.15) is 4.98 Å². The van der Waals surface area contributed by atoms with E-state index in [1.807, 2.05) is 25.1 Å². The predicted octanol–water partition coefficient (Wildman–Crippen LogP) is 2.46. The van der Waals surface area contributed by atoms with Crippen LogP contribution in [-0.4, -0.2) is 30.3 Å². The van der Waals surface area contributed by atoms with Gasteiger partial charge in [0.1, 0.15) is 5.82 Å². The van der Waals surface area contributed by atoms with Crippen molar-refractivity contribution < 1.29 is 9.47 Å². The van der Waals surface area contributed by atoms with E-state index >= 15 is 0 Å². The Balaban J connectivity index is 1.91. The Morgan fingerprint density at radius 2 is 2.41 bits per heavy atom. The van der Waals surface area contributed by atoms with Crippen molar-refractivity contribution in [2.45, 2.75) is 32.3 Å². The highest BCUT2D eigenvalue weighted by Crippen LogP contribution is 2.25. The molecule has 4 nitrogen and oxygen atoms in total. The van der Waals surface area contributed by atoms with E-state index in [1.54, 1.807) is 0 Å². The molecule has 1 fully saturated rings. The van der Waals surface area contributed by atoms with Crippen molar-refractivity contribution >= 4 is 5.82 Å². The summed E-state index contributed by atoms with van der Waals surface area (Å²) >= 11 is 0. The van der Waals surface area contributed by atoms with Crippen molar-refractivity contribution in [1.29, 1.82) is 0 Å². The maximum atomic E-state index is 5.72. The number of pyridine rings is 1. The van der Waals surface area contributed by atoms with E-state index in [2.05, 4.69) is 17.2 Å². The number of hydrogen-bond acceptors (Lipinski definition) is 4. The topological polar surface area (TPSA) is 43.4 Å². The fourth-order valence-electron chi connectivity index (χ4n) is 2.00. The first-order valence-electron chi connectivity index (χ1n) is 6.19. The van der Waals surface area contributed by atoms with Gasteiger partial charge in [-0.1, -0.05) is 6.07 Å². The third kappa shape index (κ3) is 3.33. The average Bonchev–Trinajstić information content (AvgIpc) is 2.76. The molecule has 4 heteroatoms. The predicted molar refractivity (Wildman–Crippen MR) is 67.5 cm³/mol. The first-order chi connectivity index (χ1) is 8.22. The zero-order valence-electron chi connectivity index (χ0n) is 10.5. The fraction of sp³-hybridized carbons (Fsp3) is 0.615. The summed E-state index contributed by atoms with van der Waals surface area (Å²) in [4.78, 5) is 4.37. The molecule has 0 aliphatic carbocycles. The van der Waals surface area contributed by atoms with E-state index < -0.39 is 0 Å². The van der Waals surface area contributed by atoms with Gasteiger partial charge in [-0.25, -0.2) is 0 Å². The Bertz CT molecular complexity index is 362. The SMILES string of the molecule is CCOc1cccc(NCC2(C)CCCO2)n1. The summed E-state index contributed by atoms with van der Waals surface area (Å²) in [6.07, 6.45) is 2.25. The summed E-state index contributed by atoms with van der Waals surface area (Å²) in [5, 5.41) is 3.31. The lowest BCUT2D eigenvalue weighted by molar-refractivity contribution is 0.0314. The van der Waals surface area contributed by atoms with Crippen molar-refractivity contribution in [2.24, 2.45) is 0 Å². The lowest BCUT2D eigenvalue weighted by Gasteiger charge is -2.23. The van der Waals surface area contributed by atoms with Gasteiger partial charge in [0.05, 0.1) is 12.2 Å². The second-order valence-electron chi connectivity index (χ2n) is 4.55. The van der Waals surface area contributed by atoms with Gasteiger partial charge in [0.2, 0.25) is 5.88 Å². The third-order valence-corrected chi connectivity index (χ3v) is 2.96. The molecule has 1 aromatic rings. The van der Waals surface area contributed by atoms with Gasteiger partial charge >= 0.3 is 0 Å². The highest BCUT2D eigenvalue weighted by Gasteiger charge is 2.29. The number of anilines is 1. The van der Waals surface area contributed by atoms with Gasteiger partial charge in [0, 0.05) is 19.2 Å². The lowest BCUT2D eigenvalue weighted by Crippen LogP contribution is -2.32. The number of rotatable bonds is 5. The minimum Gasteiger partial charge on any atom is -0.478 e. The number of hydrogen-bond donors (Lipinski definition) is 1. The number of nitrogens with zero attached hydrogens (tertiary/aromatic N) is 1. The minimum atomic E-state index is -0.0523. The number of ether oxygens (including phenoxy) is 2. The molecular formula is C13H20N2O2. The Kier molecular flexibility index (Phi) is 3.84. The summed E-state index contributed by atoms with van der Waals surface area (Å²) in [6.45, 7) is 6.38. The van der Waals surface area contributed by atoms with Crippen LogP contribution in [0.3, 0.4) is 0 Å². The van der Waals surface area contributed by atoms with Crippen molar-refractivity contribution in [3.63, 3.8) is 0 Å². The Morgan fingerprint density at radius 1 is 1.53 bits per heavy atom. The Labute approximate surface area is 102 Å². The lowest BCUT2D eigenvalue weighted by atomic mass is 10.0. The largest absolute Gasteiger partial charge is 0.478 e. The van der Waals surface area contributed by atoms with Crippen LogP contribution in [0.2, 0.25) is 0 Å². The molecule has 1 unspecified atom stereocenters. The molecule has 1 aliphatic rings. The Morgan fingerprint density at radius 3 is 3.12 bits per heavy atom. The molecule has 0 amide bonds. The van der Waals surface area contributed by atoms with Crippen LogP contribution in [0.5, 0.6) is 5.88 Å². The van der Waals surface area contributed by atoms with Gasteiger partial charge in [-0.15, -0.1) is 0 Å². The van der Waals surface area contributed by atoms with Crippen LogP contribution in [0.1, 0.15) is 26.7 Å². The summed E-state index contributed by atoms with van der Waals surface area (Å²) in [7, 11) is 0. The van der Waals surface area contributed by atoms with Crippen LogP contribution in [0.25, 0.3) is 0 Å². The summed E-state index contributed by atoms with van der Waals surface area (Å²) < 4.78 is 11.1. The number of aromatic nitrogens is 1. The minimum absolute atomic E-state index is 0.0523. The van der Waals surface area contributed by atoms with Crippen LogP contribution in [0.4, 0.5) is 5.82 Å².